The number of hydrogen-bond donors (Lipinski definition) is 1. The Kier molecular flexibility index (Phi) is 2.57. The molecule has 2 heterocycles. The molecule has 0 aliphatic rings. The summed E-state index contributed by atoms with van der Waals surface area (Å²) in [7, 11) is 3.87. The lowest BCUT2D eigenvalue weighted by molar-refractivity contribution is 0.782. The number of rotatable bonds is 1. The van der Waals surface area contributed by atoms with E-state index in [1.807, 2.05) is 38.4 Å². The fraction of sp³-hybridized carbons (Fsp3) is 0.214. The van der Waals surface area contributed by atoms with Crippen LogP contribution < -0.4 is 5.73 Å². The van der Waals surface area contributed by atoms with Gasteiger partial charge in [-0.15, -0.1) is 0 Å². The van der Waals surface area contributed by atoms with Gasteiger partial charge in [-0.3, -0.25) is 4.68 Å². The topological polar surface area (TPSA) is 48.8 Å². The van der Waals surface area contributed by atoms with E-state index in [0.29, 0.717) is 5.82 Å². The highest BCUT2D eigenvalue weighted by Crippen LogP contribution is 2.35. The molecule has 0 unspecified atom stereocenters. The molecule has 98 valence electrons. The third-order valence-electron chi connectivity index (χ3n) is 3.63. The summed E-state index contributed by atoms with van der Waals surface area (Å²) in [6, 6.07) is 7.81. The molecule has 0 aliphatic carbocycles. The van der Waals surface area contributed by atoms with Gasteiger partial charge >= 0.3 is 0 Å². The zero-order valence-corrected chi connectivity index (χ0v) is 11.9. The van der Waals surface area contributed by atoms with Crippen molar-refractivity contribution in [2.24, 2.45) is 14.1 Å². The summed E-state index contributed by atoms with van der Waals surface area (Å²) in [6.45, 7) is 2.08. The first kappa shape index (κ1) is 12.1. The highest BCUT2D eigenvalue weighted by atomic mass is 35.5. The van der Waals surface area contributed by atoms with Crippen LogP contribution in [-0.2, 0) is 14.1 Å². The molecule has 19 heavy (non-hydrogen) atoms. The molecule has 5 heteroatoms. The number of fused-ring (bicyclic) bond motifs is 1. The number of hydrogen-bond acceptors (Lipinski definition) is 2. The van der Waals surface area contributed by atoms with Gasteiger partial charge in [-0.25, -0.2) is 0 Å². The van der Waals surface area contributed by atoms with Gasteiger partial charge in [0.2, 0.25) is 0 Å². The Morgan fingerprint density at radius 3 is 2.58 bits per heavy atom. The standard InChI is InChI=1S/C14H15ClN4/c1-8-14(11-7-13(16)19(3)17-11)10-5-4-9(15)6-12(10)18(8)2/h4-7H,16H2,1-3H3. The van der Waals surface area contributed by atoms with Crippen molar-refractivity contribution in [1.82, 2.24) is 14.3 Å². The summed E-state index contributed by atoms with van der Waals surface area (Å²) in [5, 5.41) is 6.35. The molecule has 1 aromatic carbocycles. The SMILES string of the molecule is Cc1c(-c2cc(N)n(C)n2)c2ccc(Cl)cc2n1C. The largest absolute Gasteiger partial charge is 0.384 e. The number of anilines is 1. The van der Waals surface area contributed by atoms with E-state index < -0.39 is 0 Å². The quantitative estimate of drug-likeness (QED) is 0.741. The van der Waals surface area contributed by atoms with Crippen LogP contribution in [0.2, 0.25) is 5.02 Å². The lowest BCUT2D eigenvalue weighted by atomic mass is 10.1. The van der Waals surface area contributed by atoms with Crippen molar-refractivity contribution in [3.05, 3.63) is 35.0 Å². The molecule has 0 saturated carbocycles. The van der Waals surface area contributed by atoms with E-state index >= 15 is 0 Å². The number of aromatic nitrogens is 3. The summed E-state index contributed by atoms with van der Waals surface area (Å²) >= 11 is 6.07. The smallest absolute Gasteiger partial charge is 0.121 e. The minimum Gasteiger partial charge on any atom is -0.384 e. The Morgan fingerprint density at radius 1 is 1.21 bits per heavy atom. The normalized spacial score (nSPS) is 11.4. The molecule has 0 spiro atoms. The molecular weight excluding hydrogens is 260 g/mol. The molecule has 0 bridgehead atoms. The minimum absolute atomic E-state index is 0.653. The van der Waals surface area contributed by atoms with E-state index in [2.05, 4.69) is 16.6 Å². The third kappa shape index (κ3) is 1.71. The van der Waals surface area contributed by atoms with Crippen molar-refractivity contribution in [2.75, 3.05) is 5.73 Å². The first-order chi connectivity index (χ1) is 8.99. The monoisotopic (exact) mass is 274 g/mol. The second-order valence-electron chi connectivity index (χ2n) is 4.76. The predicted octanol–water partition coefficient (Wildman–Crippen LogP) is 3.12. The van der Waals surface area contributed by atoms with Crippen molar-refractivity contribution < 1.29 is 0 Å². The van der Waals surface area contributed by atoms with Crippen LogP contribution >= 0.6 is 11.6 Å². The zero-order valence-electron chi connectivity index (χ0n) is 11.1. The maximum atomic E-state index is 6.07. The Balaban J connectivity index is 2.38. The zero-order chi connectivity index (χ0) is 13.7. The molecule has 4 nitrogen and oxygen atoms in total. The Morgan fingerprint density at radius 2 is 1.95 bits per heavy atom. The van der Waals surface area contributed by atoms with E-state index in [9.17, 15) is 0 Å². The van der Waals surface area contributed by atoms with Crippen LogP contribution in [-0.4, -0.2) is 14.3 Å². The van der Waals surface area contributed by atoms with Gasteiger partial charge in [0.15, 0.2) is 0 Å². The number of aryl methyl sites for hydroxylation is 2. The van der Waals surface area contributed by atoms with Crippen molar-refractivity contribution in [1.29, 1.82) is 0 Å². The maximum Gasteiger partial charge on any atom is 0.121 e. The fourth-order valence-corrected chi connectivity index (χ4v) is 2.63. The maximum absolute atomic E-state index is 6.07. The van der Waals surface area contributed by atoms with Crippen molar-refractivity contribution in [2.45, 2.75) is 6.92 Å². The highest BCUT2D eigenvalue weighted by Gasteiger charge is 2.16. The summed E-state index contributed by atoms with van der Waals surface area (Å²) in [4.78, 5) is 0. The molecule has 0 saturated heterocycles. The first-order valence-corrected chi connectivity index (χ1v) is 6.41. The molecule has 0 fully saturated rings. The summed E-state index contributed by atoms with van der Waals surface area (Å²) < 4.78 is 3.81. The number of nitrogens with two attached hydrogens (primary N) is 1. The van der Waals surface area contributed by atoms with Gasteiger partial charge < -0.3 is 10.3 Å². The molecule has 0 atom stereocenters. The van der Waals surface area contributed by atoms with Gasteiger partial charge in [0.25, 0.3) is 0 Å². The first-order valence-electron chi connectivity index (χ1n) is 6.03. The van der Waals surface area contributed by atoms with Gasteiger partial charge in [-0.05, 0) is 19.1 Å². The van der Waals surface area contributed by atoms with Crippen molar-refractivity contribution in [3.8, 4) is 11.3 Å². The Bertz CT molecular complexity index is 763. The number of nitrogens with zero attached hydrogens (tertiary/aromatic N) is 3. The average Bonchev–Trinajstić information content (AvgIpc) is 2.81. The summed E-state index contributed by atoms with van der Waals surface area (Å²) in [5.41, 5.74) is 10.1. The molecular formula is C14H15ClN4. The lowest BCUT2D eigenvalue weighted by Crippen LogP contribution is -1.96. The molecule has 0 amide bonds. The number of halogens is 1. The number of benzene rings is 1. The van der Waals surface area contributed by atoms with Crippen LogP contribution in [0.25, 0.3) is 22.2 Å². The van der Waals surface area contributed by atoms with E-state index in [4.69, 9.17) is 17.3 Å². The average molecular weight is 275 g/mol. The molecule has 2 aromatic heterocycles. The Labute approximate surface area is 116 Å². The highest BCUT2D eigenvalue weighted by molar-refractivity contribution is 6.31. The Hall–Kier alpha value is -1.94. The van der Waals surface area contributed by atoms with E-state index in [1.165, 1.54) is 0 Å². The van der Waals surface area contributed by atoms with Gasteiger partial charge in [-0.2, -0.15) is 5.10 Å². The van der Waals surface area contributed by atoms with Crippen LogP contribution in [0, 0.1) is 6.92 Å². The predicted molar refractivity (Wildman–Crippen MR) is 79.3 cm³/mol. The lowest BCUT2D eigenvalue weighted by Gasteiger charge is -1.98. The summed E-state index contributed by atoms with van der Waals surface area (Å²) in [6.07, 6.45) is 0. The molecule has 3 rings (SSSR count). The minimum atomic E-state index is 0.653. The van der Waals surface area contributed by atoms with Crippen LogP contribution in [0.5, 0.6) is 0 Å². The molecule has 0 aliphatic heterocycles. The van der Waals surface area contributed by atoms with Crippen LogP contribution in [0.1, 0.15) is 5.69 Å². The van der Waals surface area contributed by atoms with Crippen LogP contribution in [0.3, 0.4) is 0 Å². The van der Waals surface area contributed by atoms with E-state index in [0.717, 1.165) is 32.9 Å². The van der Waals surface area contributed by atoms with Gasteiger partial charge in [0.05, 0.1) is 11.2 Å². The van der Waals surface area contributed by atoms with E-state index in [1.54, 1.807) is 4.68 Å². The fourth-order valence-electron chi connectivity index (χ4n) is 2.46. The van der Waals surface area contributed by atoms with Crippen LogP contribution in [0.4, 0.5) is 5.82 Å². The van der Waals surface area contributed by atoms with E-state index in [-0.39, 0.29) is 0 Å². The van der Waals surface area contributed by atoms with Gasteiger partial charge in [-0.1, -0.05) is 17.7 Å². The van der Waals surface area contributed by atoms with Crippen molar-refractivity contribution >= 4 is 28.3 Å². The second-order valence-corrected chi connectivity index (χ2v) is 5.20. The summed E-state index contributed by atoms with van der Waals surface area (Å²) in [5.74, 6) is 0.653. The second kappa shape index (κ2) is 4.03. The number of nitrogen functional groups attached to an aromatic ring is 1. The van der Waals surface area contributed by atoms with Gasteiger partial charge in [0, 0.05) is 41.8 Å². The third-order valence-corrected chi connectivity index (χ3v) is 3.86. The molecule has 3 aromatic rings. The van der Waals surface area contributed by atoms with Crippen molar-refractivity contribution in [3.63, 3.8) is 0 Å². The molecule has 0 radical (unpaired) electrons. The van der Waals surface area contributed by atoms with Crippen LogP contribution in [0.15, 0.2) is 24.3 Å². The van der Waals surface area contributed by atoms with Gasteiger partial charge in [0.1, 0.15) is 5.82 Å². The molecule has 2 N–H and O–H groups in total.